The van der Waals surface area contributed by atoms with Gasteiger partial charge in [-0.3, -0.25) is 0 Å². The van der Waals surface area contributed by atoms with Gasteiger partial charge < -0.3 is 4.98 Å². The third kappa shape index (κ3) is 7.32. The number of nitrogens with zero attached hydrogens (tertiary/aromatic N) is 2. The molecule has 0 aliphatic carbocycles. The van der Waals surface area contributed by atoms with Crippen molar-refractivity contribution in [3.8, 4) is 22.5 Å². The maximum atomic E-state index is 8.69. The first-order valence-electron chi connectivity index (χ1n) is 16.8. The second-order valence-corrected chi connectivity index (χ2v) is 25.0. The SMILES string of the molecule is Cc1cc(-c2[c-]cccc2)nc[c]1[Ge]([CH3])([CH3])[CH3].[2H]C(C)(C)c1ccnc(-c2[c-]ccc3c2sc2cc(C([2H])(C)C)c4ccccc4c23)c1.[Ir]. The summed E-state index contributed by atoms with van der Waals surface area (Å²) in [7, 11) is 0. The fraction of sp³-hybridized carbons (Fsp3) is 0.238. The number of hydrogen-bond acceptors (Lipinski definition) is 3. The molecule has 4 aromatic carbocycles. The molecular formula is C42H42GeIrN2S-2. The molecule has 5 heteroatoms. The molecule has 3 heterocycles. The van der Waals surface area contributed by atoms with E-state index >= 15 is 0 Å². The van der Waals surface area contributed by atoms with E-state index in [1.165, 1.54) is 30.8 Å². The zero-order chi connectivity index (χ0) is 34.4. The molecule has 0 bridgehead atoms. The van der Waals surface area contributed by atoms with Gasteiger partial charge >= 0.3 is 106 Å². The molecule has 0 saturated heterocycles. The second-order valence-electron chi connectivity index (χ2n) is 13.4. The van der Waals surface area contributed by atoms with E-state index in [1.807, 2.05) is 64.1 Å². The van der Waals surface area contributed by atoms with Gasteiger partial charge in [-0.2, -0.15) is 11.3 Å². The molecule has 0 unspecified atom stereocenters. The summed E-state index contributed by atoms with van der Waals surface area (Å²) in [6.07, 6.45) is 3.86. The van der Waals surface area contributed by atoms with Crippen molar-refractivity contribution in [2.75, 3.05) is 0 Å². The molecule has 0 spiro atoms. The van der Waals surface area contributed by atoms with Crippen molar-refractivity contribution in [1.82, 2.24) is 9.97 Å². The van der Waals surface area contributed by atoms with Crippen LogP contribution in [0, 0.1) is 19.1 Å². The van der Waals surface area contributed by atoms with Gasteiger partial charge in [-0.25, -0.2) is 0 Å². The minimum absolute atomic E-state index is 0. The third-order valence-electron chi connectivity index (χ3n) is 8.48. The average molecular weight is 874 g/mol. The van der Waals surface area contributed by atoms with E-state index in [9.17, 15) is 0 Å². The molecule has 47 heavy (non-hydrogen) atoms. The molecule has 7 rings (SSSR count). The zero-order valence-corrected chi connectivity index (χ0v) is 33.7. The van der Waals surface area contributed by atoms with Gasteiger partial charge in [0.25, 0.3) is 0 Å². The van der Waals surface area contributed by atoms with Gasteiger partial charge in [-0.05, 0) is 56.0 Å². The van der Waals surface area contributed by atoms with Gasteiger partial charge in [0, 0.05) is 33.7 Å². The molecule has 1 radical (unpaired) electrons. The van der Waals surface area contributed by atoms with Crippen LogP contribution in [0.25, 0.3) is 53.5 Å². The Bertz CT molecular complexity index is 2260. The third-order valence-corrected chi connectivity index (χ3v) is 14.1. The van der Waals surface area contributed by atoms with Crippen molar-refractivity contribution in [1.29, 1.82) is 0 Å². The maximum absolute atomic E-state index is 8.69. The monoisotopic (exact) mass is 875 g/mol. The minimum atomic E-state index is -1.77. The topological polar surface area (TPSA) is 25.8 Å². The first kappa shape index (κ1) is 32.4. The van der Waals surface area contributed by atoms with E-state index in [4.69, 9.17) is 2.74 Å². The summed E-state index contributed by atoms with van der Waals surface area (Å²) in [5, 5.41) is 4.75. The molecule has 2 nitrogen and oxygen atoms in total. The van der Waals surface area contributed by atoms with Crippen LogP contribution in [-0.4, -0.2) is 23.2 Å². The summed E-state index contributed by atoms with van der Waals surface area (Å²) >= 11 is -0.0325. The minimum Gasteiger partial charge on any atom is -0.305 e. The number of aromatic nitrogens is 2. The quantitative estimate of drug-likeness (QED) is 0.127. The Labute approximate surface area is 303 Å². The van der Waals surface area contributed by atoms with Crippen LogP contribution in [0.3, 0.4) is 0 Å². The Balaban J connectivity index is 0.000000221. The summed E-state index contributed by atoms with van der Waals surface area (Å²) in [4.78, 5) is 9.22. The van der Waals surface area contributed by atoms with Crippen molar-refractivity contribution in [3.05, 3.63) is 126 Å². The Morgan fingerprint density at radius 3 is 2.17 bits per heavy atom. The smallest absolute Gasteiger partial charge is 0.0347 e. The van der Waals surface area contributed by atoms with Gasteiger partial charge in [0.05, 0.1) is 0 Å². The van der Waals surface area contributed by atoms with Crippen LogP contribution in [0.4, 0.5) is 0 Å². The molecule has 241 valence electrons. The number of thiophene rings is 1. The van der Waals surface area contributed by atoms with Crippen molar-refractivity contribution in [2.45, 2.75) is 63.7 Å². The number of rotatable bonds is 5. The predicted octanol–water partition coefficient (Wildman–Crippen LogP) is 11.7. The number of fused-ring (bicyclic) bond motifs is 5. The van der Waals surface area contributed by atoms with E-state index < -0.39 is 25.1 Å². The molecule has 0 aliphatic rings. The van der Waals surface area contributed by atoms with Crippen molar-refractivity contribution in [3.63, 3.8) is 0 Å². The normalized spacial score (nSPS) is 12.7. The van der Waals surface area contributed by atoms with Gasteiger partial charge in [0.2, 0.25) is 0 Å². The second kappa shape index (κ2) is 14.5. The van der Waals surface area contributed by atoms with Crippen molar-refractivity contribution >= 4 is 59.9 Å². The van der Waals surface area contributed by atoms with Crippen LogP contribution in [0.15, 0.2) is 97.3 Å². The first-order valence-corrected chi connectivity index (χ1v) is 24.0. The van der Waals surface area contributed by atoms with E-state index in [1.54, 1.807) is 17.5 Å². The van der Waals surface area contributed by atoms with E-state index in [-0.39, 0.29) is 20.1 Å². The van der Waals surface area contributed by atoms with E-state index in [2.05, 4.69) is 101 Å². The fourth-order valence-corrected chi connectivity index (χ4v) is 11.0. The van der Waals surface area contributed by atoms with Crippen molar-refractivity contribution in [2.24, 2.45) is 0 Å². The van der Waals surface area contributed by atoms with Gasteiger partial charge in [0.15, 0.2) is 0 Å². The van der Waals surface area contributed by atoms with Gasteiger partial charge in [-0.1, -0.05) is 69.0 Å². The largest absolute Gasteiger partial charge is 0.305 e. The van der Waals surface area contributed by atoms with Crippen LogP contribution >= 0.6 is 11.3 Å². The number of benzene rings is 4. The van der Waals surface area contributed by atoms with Crippen LogP contribution in [-0.2, 0) is 20.1 Å². The summed E-state index contributed by atoms with van der Waals surface area (Å²) in [6.45, 7) is 9.88. The summed E-state index contributed by atoms with van der Waals surface area (Å²) in [5.41, 5.74) is 7.28. The van der Waals surface area contributed by atoms with E-state index in [0.717, 1.165) is 43.7 Å². The molecular weight excluding hydrogens is 829 g/mol. The number of hydrogen-bond donors (Lipinski definition) is 0. The molecule has 7 aromatic rings. The summed E-state index contributed by atoms with van der Waals surface area (Å²) in [5.74, 6) is 5.83. The zero-order valence-electron chi connectivity index (χ0n) is 30.4. The van der Waals surface area contributed by atoms with E-state index in [0.29, 0.717) is 0 Å². The summed E-state index contributed by atoms with van der Waals surface area (Å²) < 4.78 is 20.9. The maximum Gasteiger partial charge on any atom is 0.0347 e. The standard InChI is InChI=1S/C27H24NS.C15H18GeN.Ir/c1-16(2)18-12-13-28-24(14-18)21-10-7-11-22-26-20-9-6-5-8-19(20)23(17(3)4)15-25(26)29-27(21)22;1-12-10-15(13-8-6-5-7-9-13)17-11-14(12)16(2,3)4;/h5-9,11-17H,1-4H3;5-8,10-11H,1-4H3;/q2*-1;/i16D,17D;;. The molecule has 3 aromatic heterocycles. The number of aryl methyl sites for hydroxylation is 1. The van der Waals surface area contributed by atoms with Gasteiger partial charge in [0.1, 0.15) is 0 Å². The van der Waals surface area contributed by atoms with Crippen LogP contribution in [0.1, 0.15) is 58.9 Å². The Morgan fingerprint density at radius 1 is 0.766 bits per heavy atom. The molecule has 0 aliphatic heterocycles. The van der Waals surface area contributed by atoms with Crippen LogP contribution in [0.5, 0.6) is 0 Å². The van der Waals surface area contributed by atoms with Crippen LogP contribution in [0.2, 0.25) is 17.3 Å². The first-order chi connectivity index (χ1) is 22.6. The molecule has 0 N–H and O–H groups in total. The van der Waals surface area contributed by atoms with Crippen molar-refractivity contribution < 1.29 is 22.8 Å². The molecule has 0 saturated carbocycles. The Hall–Kier alpha value is -3.15. The molecule has 0 amide bonds. The summed E-state index contributed by atoms with van der Waals surface area (Å²) in [6, 6.07) is 35.5. The van der Waals surface area contributed by atoms with Crippen LogP contribution < -0.4 is 4.40 Å². The number of pyridine rings is 2. The average Bonchev–Trinajstić information content (AvgIpc) is 3.43. The molecule has 0 fully saturated rings. The fourth-order valence-electron chi connectivity index (χ4n) is 6.13. The van der Waals surface area contributed by atoms with Gasteiger partial charge in [-0.15, -0.1) is 23.8 Å². The molecule has 0 atom stereocenters. The Morgan fingerprint density at radius 2 is 1.51 bits per heavy atom. The predicted molar refractivity (Wildman–Crippen MR) is 203 cm³/mol. The Kier molecular flexibility index (Phi) is 10.0.